The number of carbonyl (C=O) groups excluding carboxylic acids is 1. The van der Waals surface area contributed by atoms with Crippen molar-refractivity contribution in [2.45, 2.75) is 25.9 Å². The Morgan fingerprint density at radius 1 is 1.11 bits per heavy atom. The molecular formula is C20H26N2O4S. The molecule has 0 saturated carbocycles. The quantitative estimate of drug-likeness (QED) is 0.751. The smallest absolute Gasteiger partial charge is 0.243 e. The van der Waals surface area contributed by atoms with Crippen LogP contribution in [0.25, 0.3) is 0 Å². The molecule has 0 saturated heterocycles. The van der Waals surface area contributed by atoms with Gasteiger partial charge in [0.15, 0.2) is 0 Å². The van der Waals surface area contributed by atoms with Crippen LogP contribution < -0.4 is 10.1 Å². The third kappa shape index (κ3) is 5.80. The van der Waals surface area contributed by atoms with Crippen LogP contribution in [0.2, 0.25) is 0 Å². The van der Waals surface area contributed by atoms with E-state index in [-0.39, 0.29) is 12.6 Å². The molecule has 0 fully saturated rings. The second-order valence-electron chi connectivity index (χ2n) is 6.58. The summed E-state index contributed by atoms with van der Waals surface area (Å²) in [5.74, 6) is 0.362. The van der Waals surface area contributed by atoms with Gasteiger partial charge in [-0.25, -0.2) is 8.42 Å². The fourth-order valence-corrected chi connectivity index (χ4v) is 3.25. The van der Waals surface area contributed by atoms with E-state index in [2.05, 4.69) is 5.32 Å². The monoisotopic (exact) mass is 390 g/mol. The van der Waals surface area contributed by atoms with Gasteiger partial charge in [0.1, 0.15) is 18.4 Å². The van der Waals surface area contributed by atoms with Crippen molar-refractivity contribution < 1.29 is 17.9 Å². The SMILES string of the molecule is Cc1ccccc1OC[C@H](C)NC(=O)[C@H](c1ccccc1)N(C)S(C)(=O)=O. The number of nitrogens with one attached hydrogen (secondary N) is 1. The predicted octanol–water partition coefficient (Wildman–Crippen LogP) is 2.51. The number of rotatable bonds is 8. The minimum Gasteiger partial charge on any atom is -0.491 e. The zero-order valence-corrected chi connectivity index (χ0v) is 16.9. The van der Waals surface area contributed by atoms with Crippen LogP contribution in [-0.4, -0.2) is 44.6 Å². The summed E-state index contributed by atoms with van der Waals surface area (Å²) in [5, 5.41) is 2.85. The summed E-state index contributed by atoms with van der Waals surface area (Å²) in [4.78, 5) is 12.8. The summed E-state index contributed by atoms with van der Waals surface area (Å²) in [6, 6.07) is 15.2. The maximum Gasteiger partial charge on any atom is 0.243 e. The van der Waals surface area contributed by atoms with Crippen molar-refractivity contribution in [1.29, 1.82) is 0 Å². The molecule has 0 unspecified atom stereocenters. The summed E-state index contributed by atoms with van der Waals surface area (Å²) in [6.45, 7) is 4.05. The summed E-state index contributed by atoms with van der Waals surface area (Å²) in [6.07, 6.45) is 1.08. The predicted molar refractivity (Wildman–Crippen MR) is 106 cm³/mol. The molecule has 146 valence electrons. The van der Waals surface area contributed by atoms with Crippen LogP contribution in [0.1, 0.15) is 24.1 Å². The van der Waals surface area contributed by atoms with Crippen molar-refractivity contribution in [2.24, 2.45) is 0 Å². The molecular weight excluding hydrogens is 364 g/mol. The zero-order chi connectivity index (χ0) is 20.0. The average Bonchev–Trinajstić information content (AvgIpc) is 2.61. The van der Waals surface area contributed by atoms with Gasteiger partial charge in [0, 0.05) is 7.05 Å². The highest BCUT2D eigenvalue weighted by Crippen LogP contribution is 2.22. The van der Waals surface area contributed by atoms with Crippen molar-refractivity contribution in [2.75, 3.05) is 19.9 Å². The Kier molecular flexibility index (Phi) is 6.98. The molecule has 2 rings (SSSR count). The standard InChI is InChI=1S/C20H26N2O4S/c1-15-10-8-9-13-18(15)26-14-16(2)21-20(23)19(22(3)27(4,24)25)17-11-6-5-7-12-17/h5-13,16,19H,14H2,1-4H3,(H,21,23)/t16-,19-/m0/s1. The second-order valence-corrected chi connectivity index (χ2v) is 8.62. The lowest BCUT2D eigenvalue weighted by Crippen LogP contribution is -2.45. The van der Waals surface area contributed by atoms with Crippen molar-refractivity contribution in [1.82, 2.24) is 9.62 Å². The molecule has 2 aromatic carbocycles. The molecule has 2 aromatic rings. The highest BCUT2D eigenvalue weighted by Gasteiger charge is 2.31. The van der Waals surface area contributed by atoms with Gasteiger partial charge in [-0.1, -0.05) is 48.5 Å². The summed E-state index contributed by atoms with van der Waals surface area (Å²) in [7, 11) is -2.15. The summed E-state index contributed by atoms with van der Waals surface area (Å²) in [5.41, 5.74) is 1.62. The van der Waals surface area contributed by atoms with E-state index in [0.717, 1.165) is 21.9 Å². The normalized spacial score (nSPS) is 13.8. The molecule has 2 atom stereocenters. The molecule has 27 heavy (non-hydrogen) atoms. The van der Waals surface area contributed by atoms with Crippen LogP contribution in [-0.2, 0) is 14.8 Å². The number of sulfonamides is 1. The lowest BCUT2D eigenvalue weighted by Gasteiger charge is -2.27. The number of likely N-dealkylation sites (N-methyl/N-ethyl adjacent to an activating group) is 1. The highest BCUT2D eigenvalue weighted by molar-refractivity contribution is 7.88. The maximum absolute atomic E-state index is 12.8. The van der Waals surface area contributed by atoms with Crippen LogP contribution in [0.3, 0.4) is 0 Å². The number of aryl methyl sites for hydroxylation is 1. The number of hydrogen-bond donors (Lipinski definition) is 1. The molecule has 0 heterocycles. The van der Waals surface area contributed by atoms with Crippen molar-refractivity contribution in [3.8, 4) is 5.75 Å². The van der Waals surface area contributed by atoms with Crippen molar-refractivity contribution >= 4 is 15.9 Å². The molecule has 0 radical (unpaired) electrons. The number of ether oxygens (including phenoxy) is 1. The topological polar surface area (TPSA) is 75.7 Å². The van der Waals surface area contributed by atoms with E-state index >= 15 is 0 Å². The highest BCUT2D eigenvalue weighted by atomic mass is 32.2. The minimum atomic E-state index is -3.55. The molecule has 0 bridgehead atoms. The van der Waals surface area contributed by atoms with Crippen LogP contribution in [0, 0.1) is 6.92 Å². The third-order valence-corrected chi connectivity index (χ3v) is 5.48. The molecule has 0 aromatic heterocycles. The van der Waals surface area contributed by atoms with Crippen LogP contribution in [0.5, 0.6) is 5.75 Å². The largest absolute Gasteiger partial charge is 0.491 e. The van der Waals surface area contributed by atoms with Crippen LogP contribution >= 0.6 is 0 Å². The Bertz CT molecular complexity index is 869. The first-order valence-electron chi connectivity index (χ1n) is 8.67. The Balaban J connectivity index is 2.10. The number of nitrogens with zero attached hydrogens (tertiary/aromatic N) is 1. The van der Waals surface area contributed by atoms with Gasteiger partial charge in [0.2, 0.25) is 15.9 Å². The van der Waals surface area contributed by atoms with E-state index in [0.29, 0.717) is 5.56 Å². The van der Waals surface area contributed by atoms with Crippen LogP contribution in [0.15, 0.2) is 54.6 Å². The van der Waals surface area contributed by atoms with E-state index in [1.54, 1.807) is 24.3 Å². The summed E-state index contributed by atoms with van der Waals surface area (Å²) >= 11 is 0. The number of carbonyl (C=O) groups is 1. The van der Waals surface area contributed by atoms with Crippen LogP contribution in [0.4, 0.5) is 0 Å². The van der Waals surface area contributed by atoms with Crippen molar-refractivity contribution in [3.63, 3.8) is 0 Å². The first kappa shape index (κ1) is 20.9. The molecule has 6 nitrogen and oxygen atoms in total. The molecule has 0 aliphatic heterocycles. The first-order valence-corrected chi connectivity index (χ1v) is 10.5. The van der Waals surface area contributed by atoms with Gasteiger partial charge in [-0.15, -0.1) is 0 Å². The molecule has 0 aliphatic carbocycles. The third-order valence-electron chi connectivity index (χ3n) is 4.22. The van der Waals surface area contributed by atoms with E-state index in [1.165, 1.54) is 7.05 Å². The van der Waals surface area contributed by atoms with Gasteiger partial charge >= 0.3 is 0 Å². The van der Waals surface area contributed by atoms with Gasteiger partial charge < -0.3 is 10.1 Å². The molecule has 7 heteroatoms. The van der Waals surface area contributed by atoms with E-state index in [1.807, 2.05) is 44.2 Å². The second kappa shape index (κ2) is 9.01. The summed E-state index contributed by atoms with van der Waals surface area (Å²) < 4.78 is 30.9. The van der Waals surface area contributed by atoms with Gasteiger partial charge in [-0.05, 0) is 31.0 Å². The van der Waals surface area contributed by atoms with Gasteiger partial charge in [-0.3, -0.25) is 4.79 Å². The Morgan fingerprint density at radius 3 is 2.30 bits per heavy atom. The number of para-hydroxylation sites is 1. The molecule has 0 aliphatic rings. The fraction of sp³-hybridized carbons (Fsp3) is 0.350. The number of benzene rings is 2. The molecule has 1 N–H and O–H groups in total. The minimum absolute atomic E-state index is 0.278. The zero-order valence-electron chi connectivity index (χ0n) is 16.0. The lowest BCUT2D eigenvalue weighted by atomic mass is 10.1. The Morgan fingerprint density at radius 2 is 1.70 bits per heavy atom. The van der Waals surface area contributed by atoms with Gasteiger partial charge in [0.05, 0.1) is 12.3 Å². The molecule has 1 amide bonds. The maximum atomic E-state index is 12.8. The fourth-order valence-electron chi connectivity index (χ4n) is 2.65. The average molecular weight is 391 g/mol. The Labute approximate surface area is 161 Å². The van der Waals surface area contributed by atoms with Gasteiger partial charge in [0.25, 0.3) is 0 Å². The van der Waals surface area contributed by atoms with E-state index in [4.69, 9.17) is 4.74 Å². The number of amides is 1. The Hall–Kier alpha value is -2.38. The van der Waals surface area contributed by atoms with Crippen molar-refractivity contribution in [3.05, 3.63) is 65.7 Å². The lowest BCUT2D eigenvalue weighted by molar-refractivity contribution is -0.125. The van der Waals surface area contributed by atoms with E-state index in [9.17, 15) is 13.2 Å². The first-order chi connectivity index (χ1) is 12.7. The van der Waals surface area contributed by atoms with E-state index < -0.39 is 22.0 Å². The number of hydrogen-bond acceptors (Lipinski definition) is 4. The molecule has 0 spiro atoms. The van der Waals surface area contributed by atoms with Gasteiger partial charge in [-0.2, -0.15) is 4.31 Å².